The van der Waals surface area contributed by atoms with Crippen molar-refractivity contribution in [2.45, 2.75) is 39.7 Å². The van der Waals surface area contributed by atoms with Gasteiger partial charge >= 0.3 is 5.97 Å². The zero-order valence-corrected chi connectivity index (χ0v) is 13.1. The molecule has 0 aliphatic heterocycles. The summed E-state index contributed by atoms with van der Waals surface area (Å²) in [5.74, 6) is -0.283. The quantitative estimate of drug-likeness (QED) is 0.766. The molecule has 110 valence electrons. The maximum absolute atomic E-state index is 11.9. The van der Waals surface area contributed by atoms with E-state index < -0.39 is 0 Å². The molecule has 0 amide bonds. The highest BCUT2D eigenvalue weighted by atomic mass is 16.5. The fraction of sp³-hybridized carbons (Fsp3) is 0.316. The van der Waals surface area contributed by atoms with Gasteiger partial charge in [0, 0.05) is 0 Å². The predicted molar refractivity (Wildman–Crippen MR) is 85.4 cm³/mol. The first kappa shape index (κ1) is 15.3. The van der Waals surface area contributed by atoms with Gasteiger partial charge in [-0.25, -0.2) is 4.79 Å². The summed E-state index contributed by atoms with van der Waals surface area (Å²) in [4.78, 5) is 11.9. The van der Waals surface area contributed by atoms with Crippen molar-refractivity contribution in [2.75, 3.05) is 0 Å². The minimum absolute atomic E-state index is 0.136. The summed E-state index contributed by atoms with van der Waals surface area (Å²) >= 11 is 0. The third-order valence-electron chi connectivity index (χ3n) is 3.48. The summed E-state index contributed by atoms with van der Waals surface area (Å²) in [7, 11) is 0. The molecular formula is C19H22O2. The number of benzene rings is 2. The predicted octanol–water partition coefficient (Wildman–Crippen LogP) is 4.65. The maximum Gasteiger partial charge on any atom is 0.338 e. The van der Waals surface area contributed by atoms with E-state index in [1.165, 1.54) is 5.56 Å². The molecule has 2 rings (SSSR count). The SMILES string of the molecule is Cc1ccc(C(=O)OCc2ccc(C(C)(C)C)cc2)cc1. The van der Waals surface area contributed by atoms with Gasteiger partial charge in [-0.2, -0.15) is 0 Å². The number of aryl methyl sites for hydroxylation is 1. The standard InChI is InChI=1S/C19H22O2/c1-14-5-9-16(10-6-14)18(20)21-13-15-7-11-17(12-8-15)19(2,3)4/h5-12H,13H2,1-4H3. The molecule has 0 unspecified atom stereocenters. The highest BCUT2D eigenvalue weighted by Crippen LogP contribution is 2.22. The van der Waals surface area contributed by atoms with E-state index in [0.717, 1.165) is 11.1 Å². The van der Waals surface area contributed by atoms with E-state index in [9.17, 15) is 4.79 Å². The molecule has 21 heavy (non-hydrogen) atoms. The molecule has 0 heterocycles. The van der Waals surface area contributed by atoms with Gasteiger partial charge in [0.2, 0.25) is 0 Å². The van der Waals surface area contributed by atoms with E-state index in [4.69, 9.17) is 4.74 Å². The van der Waals surface area contributed by atoms with E-state index in [0.29, 0.717) is 12.2 Å². The molecule has 0 saturated carbocycles. The van der Waals surface area contributed by atoms with Gasteiger partial charge < -0.3 is 4.74 Å². The molecule has 0 aliphatic carbocycles. The van der Waals surface area contributed by atoms with Crippen molar-refractivity contribution >= 4 is 5.97 Å². The van der Waals surface area contributed by atoms with E-state index in [1.807, 2.05) is 31.2 Å². The zero-order valence-electron chi connectivity index (χ0n) is 13.1. The average molecular weight is 282 g/mol. The normalized spacial score (nSPS) is 11.2. The minimum Gasteiger partial charge on any atom is -0.457 e. The fourth-order valence-electron chi connectivity index (χ4n) is 2.02. The number of carbonyl (C=O) groups is 1. The summed E-state index contributed by atoms with van der Waals surface area (Å²) < 4.78 is 5.34. The summed E-state index contributed by atoms with van der Waals surface area (Å²) in [6, 6.07) is 15.6. The summed E-state index contributed by atoms with van der Waals surface area (Å²) in [6.45, 7) is 8.83. The van der Waals surface area contributed by atoms with Gasteiger partial charge in [0.15, 0.2) is 0 Å². The minimum atomic E-state index is -0.283. The van der Waals surface area contributed by atoms with Gasteiger partial charge in [-0.15, -0.1) is 0 Å². The largest absolute Gasteiger partial charge is 0.457 e. The third kappa shape index (κ3) is 4.19. The van der Waals surface area contributed by atoms with Crippen molar-refractivity contribution in [1.82, 2.24) is 0 Å². The van der Waals surface area contributed by atoms with Crippen molar-refractivity contribution in [3.05, 3.63) is 70.8 Å². The Morgan fingerprint density at radius 2 is 1.52 bits per heavy atom. The number of hydrogen-bond donors (Lipinski definition) is 0. The van der Waals surface area contributed by atoms with Crippen LogP contribution in [-0.4, -0.2) is 5.97 Å². The molecule has 2 heteroatoms. The molecule has 2 aromatic rings. The molecule has 0 spiro atoms. The molecule has 0 atom stereocenters. The smallest absolute Gasteiger partial charge is 0.338 e. The first-order chi connectivity index (χ1) is 9.86. The van der Waals surface area contributed by atoms with E-state index >= 15 is 0 Å². The highest BCUT2D eigenvalue weighted by molar-refractivity contribution is 5.89. The van der Waals surface area contributed by atoms with Crippen LogP contribution in [0.5, 0.6) is 0 Å². The lowest BCUT2D eigenvalue weighted by molar-refractivity contribution is 0.0472. The molecule has 2 aromatic carbocycles. The fourth-order valence-corrected chi connectivity index (χ4v) is 2.02. The molecule has 0 bridgehead atoms. The molecule has 0 N–H and O–H groups in total. The van der Waals surface area contributed by atoms with Gasteiger partial charge in [0.1, 0.15) is 6.61 Å². The second kappa shape index (κ2) is 6.13. The Morgan fingerprint density at radius 1 is 0.952 bits per heavy atom. The van der Waals surface area contributed by atoms with Crippen LogP contribution >= 0.6 is 0 Å². The highest BCUT2D eigenvalue weighted by Gasteiger charge is 2.13. The maximum atomic E-state index is 11.9. The number of carbonyl (C=O) groups excluding carboxylic acids is 1. The number of esters is 1. The Balaban J connectivity index is 1.97. The Labute approximate surface area is 126 Å². The Kier molecular flexibility index (Phi) is 4.46. The average Bonchev–Trinajstić information content (AvgIpc) is 2.45. The topological polar surface area (TPSA) is 26.3 Å². The van der Waals surface area contributed by atoms with Crippen LogP contribution in [0.2, 0.25) is 0 Å². The van der Waals surface area contributed by atoms with Gasteiger partial charge in [-0.05, 0) is 35.6 Å². The van der Waals surface area contributed by atoms with Gasteiger partial charge in [0.05, 0.1) is 5.56 Å². The Hall–Kier alpha value is -2.09. The van der Waals surface area contributed by atoms with Crippen LogP contribution in [0.4, 0.5) is 0 Å². The third-order valence-corrected chi connectivity index (χ3v) is 3.48. The molecule has 0 saturated heterocycles. The van der Waals surface area contributed by atoms with Gasteiger partial charge in [-0.1, -0.05) is 62.7 Å². The van der Waals surface area contributed by atoms with E-state index in [2.05, 4.69) is 32.9 Å². The van der Waals surface area contributed by atoms with E-state index in [-0.39, 0.29) is 11.4 Å². The lowest BCUT2D eigenvalue weighted by atomic mass is 9.87. The molecule has 0 aliphatic rings. The van der Waals surface area contributed by atoms with Crippen molar-refractivity contribution in [2.24, 2.45) is 0 Å². The first-order valence-corrected chi connectivity index (χ1v) is 7.19. The first-order valence-electron chi connectivity index (χ1n) is 7.19. The van der Waals surface area contributed by atoms with E-state index in [1.54, 1.807) is 12.1 Å². The van der Waals surface area contributed by atoms with Crippen molar-refractivity contribution in [3.8, 4) is 0 Å². The molecular weight excluding hydrogens is 260 g/mol. The monoisotopic (exact) mass is 282 g/mol. The zero-order chi connectivity index (χ0) is 15.5. The lowest BCUT2D eigenvalue weighted by Gasteiger charge is -2.19. The molecule has 0 fully saturated rings. The van der Waals surface area contributed by atoms with Crippen LogP contribution in [-0.2, 0) is 16.8 Å². The van der Waals surface area contributed by atoms with Crippen LogP contribution in [0.1, 0.15) is 47.8 Å². The van der Waals surface area contributed by atoms with Crippen LogP contribution < -0.4 is 0 Å². The van der Waals surface area contributed by atoms with Crippen molar-refractivity contribution in [1.29, 1.82) is 0 Å². The second-order valence-corrected chi connectivity index (χ2v) is 6.39. The summed E-state index contributed by atoms with van der Waals surface area (Å²) in [5, 5.41) is 0. The van der Waals surface area contributed by atoms with Crippen molar-refractivity contribution < 1.29 is 9.53 Å². The second-order valence-electron chi connectivity index (χ2n) is 6.39. The van der Waals surface area contributed by atoms with Crippen LogP contribution in [0, 0.1) is 6.92 Å². The van der Waals surface area contributed by atoms with Gasteiger partial charge in [0.25, 0.3) is 0 Å². The molecule has 2 nitrogen and oxygen atoms in total. The van der Waals surface area contributed by atoms with Gasteiger partial charge in [-0.3, -0.25) is 0 Å². The molecule has 0 aromatic heterocycles. The molecule has 0 radical (unpaired) electrons. The Bertz CT molecular complexity index is 602. The number of hydrogen-bond acceptors (Lipinski definition) is 2. The number of ether oxygens (including phenoxy) is 1. The lowest BCUT2D eigenvalue weighted by Crippen LogP contribution is -2.11. The summed E-state index contributed by atoms with van der Waals surface area (Å²) in [5.41, 5.74) is 4.13. The summed E-state index contributed by atoms with van der Waals surface area (Å²) in [6.07, 6.45) is 0. The number of rotatable bonds is 3. The van der Waals surface area contributed by atoms with Crippen LogP contribution in [0.25, 0.3) is 0 Å². The Morgan fingerprint density at radius 3 is 2.05 bits per heavy atom. The van der Waals surface area contributed by atoms with Crippen LogP contribution in [0.15, 0.2) is 48.5 Å². The van der Waals surface area contributed by atoms with Crippen molar-refractivity contribution in [3.63, 3.8) is 0 Å². The van der Waals surface area contributed by atoms with Crippen LogP contribution in [0.3, 0.4) is 0 Å².